The van der Waals surface area contributed by atoms with Gasteiger partial charge in [-0.25, -0.2) is 4.98 Å². The lowest BCUT2D eigenvalue weighted by molar-refractivity contribution is 0.466. The highest BCUT2D eigenvalue weighted by Crippen LogP contribution is 2.40. The van der Waals surface area contributed by atoms with Crippen LogP contribution in [0, 0.1) is 11.8 Å². The van der Waals surface area contributed by atoms with Crippen molar-refractivity contribution >= 4 is 34.7 Å². The van der Waals surface area contributed by atoms with Crippen LogP contribution in [0.25, 0.3) is 0 Å². The number of fused-ring (bicyclic) bond motifs is 1. The van der Waals surface area contributed by atoms with E-state index in [2.05, 4.69) is 27.7 Å². The van der Waals surface area contributed by atoms with Gasteiger partial charge in [-0.05, 0) is 24.8 Å². The van der Waals surface area contributed by atoms with Gasteiger partial charge in [0, 0.05) is 17.8 Å². The second-order valence-corrected chi connectivity index (χ2v) is 5.18. The van der Waals surface area contributed by atoms with Crippen LogP contribution in [0.15, 0.2) is 29.5 Å². The van der Waals surface area contributed by atoms with Crippen molar-refractivity contribution in [1.29, 1.82) is 0 Å². The molecule has 2 atom stereocenters. The maximum atomic E-state index is 5.99. The number of hydrazone groups is 1. The summed E-state index contributed by atoms with van der Waals surface area (Å²) < 4.78 is 0. The molecule has 1 N–H and O–H groups in total. The number of allylic oxidation sites excluding steroid dienone is 2. The molecule has 3 rings (SSSR count). The zero-order valence-electron chi connectivity index (χ0n) is 9.03. The molecule has 0 aromatic carbocycles. The Morgan fingerprint density at radius 3 is 3.06 bits per heavy atom. The normalized spacial score (nSPS) is 28.0. The van der Waals surface area contributed by atoms with Crippen molar-refractivity contribution < 1.29 is 0 Å². The Balaban J connectivity index is 1.70. The molecule has 1 heterocycles. The second-order valence-electron chi connectivity index (χ2n) is 4.34. The van der Waals surface area contributed by atoms with Crippen LogP contribution in [0.3, 0.4) is 0 Å². The number of nitrogens with one attached hydrogen (secondary N) is 1. The molecule has 5 heteroatoms. The van der Waals surface area contributed by atoms with Crippen molar-refractivity contribution in [1.82, 2.24) is 4.98 Å². The molecule has 0 bridgehead atoms. The number of aromatic nitrogens is 1. The molecule has 88 valence electrons. The maximum absolute atomic E-state index is 5.99. The monoisotopic (exact) mass is 267 g/mol. The summed E-state index contributed by atoms with van der Waals surface area (Å²) in [6.07, 6.45) is 8.20. The van der Waals surface area contributed by atoms with Crippen molar-refractivity contribution in [2.75, 3.05) is 5.43 Å². The van der Waals surface area contributed by atoms with Gasteiger partial charge in [0.25, 0.3) is 0 Å². The van der Waals surface area contributed by atoms with Crippen LogP contribution in [-0.2, 0) is 0 Å². The molecule has 0 radical (unpaired) electrons. The Bertz CT molecular complexity index is 510. The molecule has 1 fully saturated rings. The minimum absolute atomic E-state index is 0.488. The van der Waals surface area contributed by atoms with E-state index in [1.54, 1.807) is 12.3 Å². The third kappa shape index (κ3) is 2.05. The number of halogens is 2. The molecule has 0 spiro atoms. The molecular formula is C12H11Cl2N3. The largest absolute Gasteiger partial charge is 0.260 e. The van der Waals surface area contributed by atoms with Gasteiger partial charge in [0.15, 0.2) is 5.82 Å². The summed E-state index contributed by atoms with van der Waals surface area (Å²) >= 11 is 11.8. The van der Waals surface area contributed by atoms with Crippen LogP contribution < -0.4 is 5.43 Å². The standard InChI is InChI=1S/C12H11Cl2N3/c13-8-5-10(14)12(15-6-8)17-16-11-4-7-2-1-3-9(7)11/h1-2,5-7,9H,3-4H2,(H,15,17)/b16-11-/t7-,9-/m0/s1. The number of anilines is 1. The van der Waals surface area contributed by atoms with E-state index in [4.69, 9.17) is 23.2 Å². The average molecular weight is 268 g/mol. The zero-order valence-corrected chi connectivity index (χ0v) is 10.5. The first-order valence-electron chi connectivity index (χ1n) is 5.54. The van der Waals surface area contributed by atoms with E-state index in [0.717, 1.165) is 12.8 Å². The van der Waals surface area contributed by atoms with Crippen molar-refractivity contribution in [3.8, 4) is 0 Å². The summed E-state index contributed by atoms with van der Waals surface area (Å²) in [5.41, 5.74) is 4.11. The van der Waals surface area contributed by atoms with Crippen LogP contribution in [0.2, 0.25) is 10.0 Å². The quantitative estimate of drug-likeness (QED) is 0.655. The summed E-state index contributed by atoms with van der Waals surface area (Å²) in [6.45, 7) is 0. The molecule has 17 heavy (non-hydrogen) atoms. The third-order valence-corrected chi connectivity index (χ3v) is 3.77. The first kappa shape index (κ1) is 11.1. The van der Waals surface area contributed by atoms with E-state index >= 15 is 0 Å². The first-order valence-corrected chi connectivity index (χ1v) is 6.30. The molecular weight excluding hydrogens is 257 g/mol. The highest BCUT2D eigenvalue weighted by molar-refractivity contribution is 6.35. The van der Waals surface area contributed by atoms with Crippen molar-refractivity contribution in [2.24, 2.45) is 16.9 Å². The highest BCUT2D eigenvalue weighted by Gasteiger charge is 2.37. The molecule has 1 aromatic heterocycles. The summed E-state index contributed by atoms with van der Waals surface area (Å²) in [5.74, 6) is 1.84. The molecule has 3 nitrogen and oxygen atoms in total. The minimum atomic E-state index is 0.488. The summed E-state index contributed by atoms with van der Waals surface area (Å²) in [4.78, 5) is 4.10. The molecule has 0 aliphatic heterocycles. The zero-order chi connectivity index (χ0) is 11.8. The summed E-state index contributed by atoms with van der Waals surface area (Å²) in [5, 5.41) is 5.38. The lowest BCUT2D eigenvalue weighted by Gasteiger charge is -2.31. The van der Waals surface area contributed by atoms with Crippen LogP contribution in [0.1, 0.15) is 12.8 Å². The second kappa shape index (κ2) is 4.31. The fourth-order valence-corrected chi connectivity index (χ4v) is 2.71. The lowest BCUT2D eigenvalue weighted by Crippen LogP contribution is -2.33. The maximum Gasteiger partial charge on any atom is 0.165 e. The lowest BCUT2D eigenvalue weighted by atomic mass is 9.74. The minimum Gasteiger partial charge on any atom is -0.260 e. The van der Waals surface area contributed by atoms with Crippen LogP contribution in [0.4, 0.5) is 5.82 Å². The van der Waals surface area contributed by atoms with Gasteiger partial charge >= 0.3 is 0 Å². The topological polar surface area (TPSA) is 37.3 Å². The first-order chi connectivity index (χ1) is 8.24. The Morgan fingerprint density at radius 2 is 2.29 bits per heavy atom. The van der Waals surface area contributed by atoms with Crippen LogP contribution in [-0.4, -0.2) is 10.7 Å². The molecule has 1 saturated carbocycles. The fourth-order valence-electron chi connectivity index (χ4n) is 2.28. The Hall–Kier alpha value is -1.06. The van der Waals surface area contributed by atoms with E-state index in [1.165, 1.54) is 5.71 Å². The number of rotatable bonds is 2. The molecule has 0 saturated heterocycles. The Kier molecular flexibility index (Phi) is 2.81. The van der Waals surface area contributed by atoms with Gasteiger partial charge in [-0.1, -0.05) is 35.4 Å². The van der Waals surface area contributed by atoms with E-state index in [9.17, 15) is 0 Å². The highest BCUT2D eigenvalue weighted by atomic mass is 35.5. The number of nitrogens with zero attached hydrogens (tertiary/aromatic N) is 2. The van der Waals surface area contributed by atoms with Gasteiger partial charge < -0.3 is 0 Å². The van der Waals surface area contributed by atoms with Gasteiger partial charge in [-0.2, -0.15) is 5.10 Å². The van der Waals surface area contributed by atoms with Gasteiger partial charge in [-0.15, -0.1) is 0 Å². The molecule has 0 amide bonds. The predicted molar refractivity (Wildman–Crippen MR) is 70.7 cm³/mol. The third-order valence-electron chi connectivity index (χ3n) is 3.28. The Labute approximate surface area is 110 Å². The summed E-state index contributed by atoms with van der Waals surface area (Å²) in [7, 11) is 0. The Morgan fingerprint density at radius 1 is 1.41 bits per heavy atom. The average Bonchev–Trinajstić information content (AvgIpc) is 2.63. The molecule has 2 aliphatic rings. The van der Waals surface area contributed by atoms with Gasteiger partial charge in [0.1, 0.15) is 0 Å². The van der Waals surface area contributed by atoms with Crippen molar-refractivity contribution in [2.45, 2.75) is 12.8 Å². The van der Waals surface area contributed by atoms with Gasteiger partial charge in [0.05, 0.1) is 10.0 Å². The van der Waals surface area contributed by atoms with Crippen molar-refractivity contribution in [3.05, 3.63) is 34.5 Å². The number of pyridine rings is 1. The SMILES string of the molecule is Clc1cnc(N/N=C2/C[C@@H]3C=CC[C@H]23)c(Cl)c1. The van der Waals surface area contributed by atoms with E-state index < -0.39 is 0 Å². The van der Waals surface area contributed by atoms with E-state index in [1.807, 2.05) is 0 Å². The fraction of sp³-hybridized carbons (Fsp3) is 0.333. The van der Waals surface area contributed by atoms with E-state index in [-0.39, 0.29) is 0 Å². The summed E-state index contributed by atoms with van der Waals surface area (Å²) in [6, 6.07) is 1.65. The number of hydrogen-bond donors (Lipinski definition) is 1. The van der Waals surface area contributed by atoms with Crippen LogP contribution >= 0.6 is 23.2 Å². The van der Waals surface area contributed by atoms with E-state index in [0.29, 0.717) is 27.7 Å². The molecule has 1 aromatic rings. The smallest absolute Gasteiger partial charge is 0.165 e. The van der Waals surface area contributed by atoms with Gasteiger partial charge in [-0.3, -0.25) is 5.43 Å². The van der Waals surface area contributed by atoms with Crippen molar-refractivity contribution in [3.63, 3.8) is 0 Å². The van der Waals surface area contributed by atoms with Crippen LogP contribution in [0.5, 0.6) is 0 Å². The predicted octanol–water partition coefficient (Wildman–Crippen LogP) is 3.75. The molecule has 0 unspecified atom stereocenters. The van der Waals surface area contributed by atoms with Gasteiger partial charge in [0.2, 0.25) is 0 Å². The number of hydrogen-bond acceptors (Lipinski definition) is 3. The molecule has 2 aliphatic carbocycles.